The van der Waals surface area contributed by atoms with Gasteiger partial charge in [0.15, 0.2) is 0 Å². The van der Waals surface area contributed by atoms with E-state index in [1.54, 1.807) is 0 Å². The van der Waals surface area contributed by atoms with E-state index in [1.807, 2.05) is 0 Å². The normalized spacial score (nSPS) is 14.4. The van der Waals surface area contributed by atoms with Gasteiger partial charge in [-0.3, -0.25) is 0 Å². The Hall–Kier alpha value is -1.61. The third-order valence-corrected chi connectivity index (χ3v) is 4.86. The third kappa shape index (κ3) is 2.63. The van der Waals surface area contributed by atoms with Crippen LogP contribution in [0.5, 0.6) is 0 Å². The van der Waals surface area contributed by atoms with Crippen LogP contribution < -0.4 is 0 Å². The maximum atomic E-state index is 8.89. The van der Waals surface area contributed by atoms with E-state index in [4.69, 9.17) is 5.21 Å². The molecule has 6 rings (SSSR count). The first kappa shape index (κ1) is 13.4. The largest absolute Gasteiger partial charge is 0.411 e. The van der Waals surface area contributed by atoms with Crippen LogP contribution >= 0.6 is 15.9 Å². The molecule has 0 aliphatic heterocycles. The highest BCUT2D eigenvalue weighted by Crippen LogP contribution is 2.27. The summed E-state index contributed by atoms with van der Waals surface area (Å²) < 4.78 is 1.06. The number of hydrogen-bond acceptors (Lipinski definition) is 2. The minimum Gasteiger partial charge on any atom is -0.411 e. The lowest BCUT2D eigenvalue weighted by Gasteiger charge is -2.14. The van der Waals surface area contributed by atoms with E-state index in [9.17, 15) is 0 Å². The first-order chi connectivity index (χ1) is 9.78. The SMILES string of the molecule is O/N=C/c1c2ccc(c1Br)CCc1ccc(cc1)CC2. The molecule has 0 heterocycles. The van der Waals surface area contributed by atoms with Gasteiger partial charge in [-0.25, -0.2) is 0 Å². The molecule has 1 N–H and O–H groups in total. The van der Waals surface area contributed by atoms with Gasteiger partial charge in [0.05, 0.1) is 6.21 Å². The fourth-order valence-electron chi connectivity index (χ4n) is 2.72. The number of benzene rings is 2. The third-order valence-electron chi connectivity index (χ3n) is 3.93. The van der Waals surface area contributed by atoms with Crippen LogP contribution in [0.2, 0.25) is 0 Å². The zero-order valence-electron chi connectivity index (χ0n) is 11.1. The van der Waals surface area contributed by atoms with Gasteiger partial charge >= 0.3 is 0 Å². The van der Waals surface area contributed by atoms with Crippen molar-refractivity contribution in [2.24, 2.45) is 5.16 Å². The standard InChI is InChI=1S/C17H16BrNO/c18-17-15-8-6-13-3-1-12(2-4-13)5-7-14(9-10-15)16(17)11-19-20/h1-4,9-11,20H,5-8H2/b19-11+. The molecule has 0 saturated heterocycles. The van der Waals surface area contributed by atoms with Crippen LogP contribution in [0.15, 0.2) is 46.0 Å². The van der Waals surface area contributed by atoms with E-state index in [2.05, 4.69) is 57.5 Å². The molecule has 0 fully saturated rings. The lowest BCUT2D eigenvalue weighted by Crippen LogP contribution is -2.03. The van der Waals surface area contributed by atoms with Crippen molar-refractivity contribution in [1.29, 1.82) is 0 Å². The zero-order valence-corrected chi connectivity index (χ0v) is 12.7. The average molecular weight is 330 g/mol. The Labute approximate surface area is 127 Å². The lowest BCUT2D eigenvalue weighted by atomic mass is 9.94. The highest BCUT2D eigenvalue weighted by Gasteiger charge is 2.12. The quantitative estimate of drug-likeness (QED) is 0.476. The van der Waals surface area contributed by atoms with Crippen LogP contribution in [0, 0.1) is 0 Å². The highest BCUT2D eigenvalue weighted by molar-refractivity contribution is 9.10. The highest BCUT2D eigenvalue weighted by atomic mass is 79.9. The summed E-state index contributed by atoms with van der Waals surface area (Å²) in [5.74, 6) is 0. The predicted molar refractivity (Wildman–Crippen MR) is 84.8 cm³/mol. The van der Waals surface area contributed by atoms with Crippen molar-refractivity contribution in [2.75, 3.05) is 0 Å². The van der Waals surface area contributed by atoms with E-state index in [-0.39, 0.29) is 0 Å². The molecule has 0 atom stereocenters. The molecular formula is C17H16BrNO. The molecule has 4 aliphatic rings. The van der Waals surface area contributed by atoms with Gasteiger partial charge in [0, 0.05) is 10.0 Å². The molecule has 0 radical (unpaired) electrons. The van der Waals surface area contributed by atoms with Crippen molar-refractivity contribution in [3.8, 4) is 0 Å². The van der Waals surface area contributed by atoms with E-state index < -0.39 is 0 Å². The van der Waals surface area contributed by atoms with Crippen LogP contribution in [-0.4, -0.2) is 11.4 Å². The fraction of sp³-hybridized carbons (Fsp3) is 0.235. The summed E-state index contributed by atoms with van der Waals surface area (Å²) in [6.07, 6.45) is 5.48. The Morgan fingerprint density at radius 1 is 0.850 bits per heavy atom. The van der Waals surface area contributed by atoms with Crippen molar-refractivity contribution < 1.29 is 5.21 Å². The zero-order chi connectivity index (χ0) is 13.9. The van der Waals surface area contributed by atoms with Gasteiger partial charge in [0.25, 0.3) is 0 Å². The van der Waals surface area contributed by atoms with Gasteiger partial charge in [-0.05, 0) is 63.9 Å². The molecule has 0 unspecified atom stereocenters. The first-order valence-corrected chi connectivity index (χ1v) is 7.63. The van der Waals surface area contributed by atoms with Crippen molar-refractivity contribution >= 4 is 22.1 Å². The number of oxime groups is 1. The molecule has 102 valence electrons. The molecule has 0 spiro atoms. The van der Waals surface area contributed by atoms with E-state index in [0.29, 0.717) is 0 Å². The number of aryl methyl sites for hydroxylation is 4. The summed E-state index contributed by atoms with van der Waals surface area (Å²) in [6.45, 7) is 0. The molecule has 4 bridgehead atoms. The maximum Gasteiger partial charge on any atom is 0.0748 e. The smallest absolute Gasteiger partial charge is 0.0748 e. The Kier molecular flexibility index (Phi) is 3.88. The molecule has 0 aromatic heterocycles. The molecule has 3 heteroatoms. The molecule has 4 aliphatic carbocycles. The summed E-state index contributed by atoms with van der Waals surface area (Å²) in [6, 6.07) is 13.2. The van der Waals surface area contributed by atoms with Crippen molar-refractivity contribution in [3.63, 3.8) is 0 Å². The molecule has 20 heavy (non-hydrogen) atoms. The van der Waals surface area contributed by atoms with Gasteiger partial charge in [0.1, 0.15) is 0 Å². The minimum absolute atomic E-state index is 0.944. The second-order valence-electron chi connectivity index (χ2n) is 5.17. The number of hydrogen-bond donors (Lipinski definition) is 1. The van der Waals surface area contributed by atoms with Crippen LogP contribution in [0.3, 0.4) is 0 Å². The summed E-state index contributed by atoms with van der Waals surface area (Å²) in [5, 5.41) is 12.1. The summed E-state index contributed by atoms with van der Waals surface area (Å²) in [5.41, 5.74) is 6.18. The number of rotatable bonds is 1. The average Bonchev–Trinajstić information content (AvgIpc) is 2.46. The molecule has 2 nitrogen and oxygen atoms in total. The molecule has 0 saturated carbocycles. The van der Waals surface area contributed by atoms with Crippen molar-refractivity contribution in [1.82, 2.24) is 0 Å². The van der Waals surface area contributed by atoms with E-state index in [1.165, 1.54) is 28.5 Å². The van der Waals surface area contributed by atoms with Crippen LogP contribution in [0.1, 0.15) is 27.8 Å². The number of halogens is 1. The number of nitrogens with zero attached hydrogens (tertiary/aromatic N) is 1. The molecule has 0 amide bonds. The first-order valence-electron chi connectivity index (χ1n) is 6.83. The summed E-state index contributed by atoms with van der Waals surface area (Å²) in [7, 11) is 0. The van der Waals surface area contributed by atoms with Gasteiger partial charge in [0.2, 0.25) is 0 Å². The van der Waals surface area contributed by atoms with Crippen LogP contribution in [-0.2, 0) is 25.7 Å². The molecule has 2 aromatic rings. The van der Waals surface area contributed by atoms with Gasteiger partial charge in [-0.15, -0.1) is 0 Å². The van der Waals surface area contributed by atoms with Gasteiger partial charge in [-0.2, -0.15) is 0 Å². The summed E-state index contributed by atoms with van der Waals surface area (Å²) >= 11 is 3.67. The van der Waals surface area contributed by atoms with Crippen molar-refractivity contribution in [2.45, 2.75) is 25.7 Å². The van der Waals surface area contributed by atoms with Gasteiger partial charge in [-0.1, -0.05) is 41.6 Å². The Bertz CT molecular complexity index is 647. The Balaban J connectivity index is 2.08. The monoisotopic (exact) mass is 329 g/mol. The lowest BCUT2D eigenvalue weighted by molar-refractivity contribution is 0.322. The van der Waals surface area contributed by atoms with E-state index >= 15 is 0 Å². The van der Waals surface area contributed by atoms with E-state index in [0.717, 1.165) is 35.7 Å². The van der Waals surface area contributed by atoms with Crippen molar-refractivity contribution in [3.05, 3.63) is 68.7 Å². The minimum atomic E-state index is 0.944. The second-order valence-corrected chi connectivity index (χ2v) is 5.97. The topological polar surface area (TPSA) is 32.6 Å². The summed E-state index contributed by atoms with van der Waals surface area (Å²) in [4.78, 5) is 0. The van der Waals surface area contributed by atoms with Crippen LogP contribution in [0.4, 0.5) is 0 Å². The predicted octanol–water partition coefficient (Wildman–Crippen LogP) is 4.14. The Morgan fingerprint density at radius 2 is 1.40 bits per heavy atom. The van der Waals surface area contributed by atoms with Crippen LogP contribution in [0.25, 0.3) is 0 Å². The van der Waals surface area contributed by atoms with Gasteiger partial charge < -0.3 is 5.21 Å². The molecular weight excluding hydrogens is 314 g/mol. The maximum absolute atomic E-state index is 8.89. The Morgan fingerprint density at radius 3 is 2.00 bits per heavy atom. The molecule has 2 aromatic carbocycles. The second kappa shape index (κ2) is 5.80. The fourth-order valence-corrected chi connectivity index (χ4v) is 3.40.